The van der Waals surface area contributed by atoms with Crippen LogP contribution >= 0.6 is 0 Å². The number of aryl methyl sites for hydroxylation is 1. The predicted molar refractivity (Wildman–Crippen MR) is 122 cm³/mol. The topological polar surface area (TPSA) is 75.4 Å². The van der Waals surface area contributed by atoms with Crippen molar-refractivity contribution in [1.82, 2.24) is 24.9 Å². The van der Waals surface area contributed by atoms with E-state index in [0.29, 0.717) is 24.6 Å². The van der Waals surface area contributed by atoms with Crippen LogP contribution in [0.2, 0.25) is 0 Å². The molecule has 5 rings (SSSR count). The molecule has 32 heavy (non-hydrogen) atoms. The van der Waals surface area contributed by atoms with Crippen molar-refractivity contribution in [2.24, 2.45) is 0 Å². The molecule has 3 heterocycles. The van der Waals surface area contributed by atoms with Crippen molar-refractivity contribution < 1.29 is 9.32 Å². The molecule has 4 aromatic rings. The van der Waals surface area contributed by atoms with Crippen molar-refractivity contribution in [3.05, 3.63) is 78.4 Å². The number of benzene rings is 2. The molecule has 0 unspecified atom stereocenters. The van der Waals surface area contributed by atoms with Gasteiger partial charge in [-0.2, -0.15) is 4.98 Å². The summed E-state index contributed by atoms with van der Waals surface area (Å²) in [6.45, 7) is 4.15. The molecule has 7 heteroatoms. The van der Waals surface area contributed by atoms with Crippen LogP contribution in [0.15, 0.2) is 71.5 Å². The lowest BCUT2D eigenvalue weighted by Gasteiger charge is -2.35. The van der Waals surface area contributed by atoms with Gasteiger partial charge in [0.1, 0.15) is 0 Å². The molecule has 0 spiro atoms. The number of fused-ring (bicyclic) bond motifs is 1. The molecule has 1 amide bonds. The minimum Gasteiger partial charge on any atom is -0.340 e. The first-order chi connectivity index (χ1) is 15.8. The molecule has 2 aromatic heterocycles. The molecule has 162 valence electrons. The zero-order chi connectivity index (χ0) is 21.8. The van der Waals surface area contributed by atoms with Crippen LogP contribution < -0.4 is 0 Å². The molecule has 1 aliphatic rings. The first-order valence-electron chi connectivity index (χ1n) is 11.0. The lowest BCUT2D eigenvalue weighted by Crippen LogP contribution is -2.48. The summed E-state index contributed by atoms with van der Waals surface area (Å²) in [5.41, 5.74) is 2.19. The van der Waals surface area contributed by atoms with E-state index in [-0.39, 0.29) is 5.91 Å². The molecule has 2 aromatic carbocycles. The van der Waals surface area contributed by atoms with Crippen LogP contribution in [-0.2, 0) is 17.8 Å². The number of piperazine rings is 1. The third-order valence-electron chi connectivity index (χ3n) is 5.96. The fraction of sp³-hybridized carbons (Fsp3) is 0.280. The third kappa shape index (κ3) is 4.53. The number of carbonyl (C=O) groups excluding carboxylic acids is 1. The Morgan fingerprint density at radius 2 is 1.72 bits per heavy atom. The molecule has 1 saturated heterocycles. The number of amides is 1. The molecule has 1 aliphatic heterocycles. The van der Waals surface area contributed by atoms with Gasteiger partial charge in [-0.25, -0.2) is 0 Å². The van der Waals surface area contributed by atoms with Crippen LogP contribution in [-0.4, -0.2) is 57.0 Å². The second-order valence-electron chi connectivity index (χ2n) is 8.04. The monoisotopic (exact) mass is 427 g/mol. The Morgan fingerprint density at radius 3 is 2.56 bits per heavy atom. The van der Waals surface area contributed by atoms with E-state index in [0.717, 1.165) is 38.3 Å². The maximum absolute atomic E-state index is 12.7. The van der Waals surface area contributed by atoms with Crippen LogP contribution in [0, 0.1) is 0 Å². The number of hydrogen-bond donors (Lipinski definition) is 0. The summed E-state index contributed by atoms with van der Waals surface area (Å²) < 4.78 is 5.31. The van der Waals surface area contributed by atoms with Gasteiger partial charge in [0.15, 0.2) is 0 Å². The summed E-state index contributed by atoms with van der Waals surface area (Å²) in [6, 6.07) is 18.6. The minimum absolute atomic E-state index is 0.137. The third-order valence-corrected chi connectivity index (χ3v) is 5.96. The molecule has 1 fully saturated rings. The highest BCUT2D eigenvalue weighted by molar-refractivity contribution is 5.85. The summed E-state index contributed by atoms with van der Waals surface area (Å²) in [4.78, 5) is 25.5. The Labute approximate surface area is 186 Å². The second-order valence-corrected chi connectivity index (χ2v) is 8.04. The average molecular weight is 428 g/mol. The fourth-order valence-electron chi connectivity index (χ4n) is 4.17. The van der Waals surface area contributed by atoms with Gasteiger partial charge in [-0.3, -0.25) is 14.7 Å². The summed E-state index contributed by atoms with van der Waals surface area (Å²) in [5.74, 6) is 1.15. The van der Waals surface area contributed by atoms with Crippen LogP contribution in [0.1, 0.15) is 17.9 Å². The highest BCUT2D eigenvalue weighted by Crippen LogP contribution is 2.21. The highest BCUT2D eigenvalue weighted by Gasteiger charge is 2.22. The summed E-state index contributed by atoms with van der Waals surface area (Å²) >= 11 is 0. The largest absolute Gasteiger partial charge is 0.340 e. The van der Waals surface area contributed by atoms with Gasteiger partial charge in [-0.1, -0.05) is 47.6 Å². The molecule has 7 nitrogen and oxygen atoms in total. The van der Waals surface area contributed by atoms with E-state index in [1.54, 1.807) is 12.4 Å². The molecule has 0 saturated carbocycles. The van der Waals surface area contributed by atoms with Crippen LogP contribution in [0.5, 0.6) is 0 Å². The van der Waals surface area contributed by atoms with Crippen molar-refractivity contribution in [2.75, 3.05) is 26.2 Å². The maximum Gasteiger partial charge on any atom is 0.227 e. The van der Waals surface area contributed by atoms with E-state index in [9.17, 15) is 4.79 Å². The van der Waals surface area contributed by atoms with Crippen molar-refractivity contribution >= 4 is 16.7 Å². The predicted octanol–water partition coefficient (Wildman–Crippen LogP) is 3.56. The van der Waals surface area contributed by atoms with E-state index in [2.05, 4.69) is 62.5 Å². The zero-order valence-electron chi connectivity index (χ0n) is 17.9. The molecule has 0 radical (unpaired) electrons. The van der Waals surface area contributed by atoms with Crippen molar-refractivity contribution in [3.63, 3.8) is 0 Å². The van der Waals surface area contributed by atoms with E-state index >= 15 is 0 Å². The number of nitrogens with zero attached hydrogens (tertiary/aromatic N) is 5. The van der Waals surface area contributed by atoms with Crippen LogP contribution in [0.25, 0.3) is 22.2 Å². The zero-order valence-corrected chi connectivity index (χ0v) is 17.9. The van der Waals surface area contributed by atoms with Crippen LogP contribution in [0.4, 0.5) is 0 Å². The molecule has 0 atom stereocenters. The van der Waals surface area contributed by atoms with Gasteiger partial charge >= 0.3 is 0 Å². The molecular weight excluding hydrogens is 402 g/mol. The lowest BCUT2D eigenvalue weighted by molar-refractivity contribution is -0.133. The van der Waals surface area contributed by atoms with Crippen molar-refractivity contribution in [3.8, 4) is 11.4 Å². The minimum atomic E-state index is 0.137. The van der Waals surface area contributed by atoms with Gasteiger partial charge in [0.05, 0.1) is 0 Å². The highest BCUT2D eigenvalue weighted by atomic mass is 16.5. The smallest absolute Gasteiger partial charge is 0.227 e. The Kier molecular flexibility index (Phi) is 5.89. The number of rotatable bonds is 6. The molecule has 0 bridgehead atoms. The first kappa shape index (κ1) is 20.3. The van der Waals surface area contributed by atoms with E-state index in [1.165, 1.54) is 16.3 Å². The van der Waals surface area contributed by atoms with E-state index in [4.69, 9.17) is 4.52 Å². The second kappa shape index (κ2) is 9.28. The Bertz CT molecular complexity index is 1190. The van der Waals surface area contributed by atoms with Crippen molar-refractivity contribution in [2.45, 2.75) is 19.4 Å². The normalized spacial score (nSPS) is 14.7. The van der Waals surface area contributed by atoms with Crippen LogP contribution in [0.3, 0.4) is 0 Å². The molecular formula is C25H25N5O2. The number of hydrogen-bond acceptors (Lipinski definition) is 6. The summed E-state index contributed by atoms with van der Waals surface area (Å²) in [6.07, 6.45) is 4.21. The van der Waals surface area contributed by atoms with E-state index in [1.807, 2.05) is 17.0 Å². The lowest BCUT2D eigenvalue weighted by atomic mass is 10.0. The summed E-state index contributed by atoms with van der Waals surface area (Å²) in [5, 5.41) is 6.58. The molecule has 0 N–H and O–H groups in total. The van der Waals surface area contributed by atoms with Gasteiger partial charge in [0.25, 0.3) is 0 Å². The summed E-state index contributed by atoms with van der Waals surface area (Å²) in [7, 11) is 0. The SMILES string of the molecule is O=C(CCc1nc(-c2ccncc2)no1)N1CCN(Cc2cccc3ccccc23)CC1. The van der Waals surface area contributed by atoms with Gasteiger partial charge in [-0.15, -0.1) is 0 Å². The van der Waals surface area contributed by atoms with Gasteiger partial charge in [0.2, 0.25) is 17.6 Å². The van der Waals surface area contributed by atoms with Gasteiger partial charge in [0, 0.05) is 63.5 Å². The Morgan fingerprint density at radius 1 is 0.938 bits per heavy atom. The number of carbonyl (C=O) groups is 1. The molecule has 0 aliphatic carbocycles. The van der Waals surface area contributed by atoms with Gasteiger partial charge in [-0.05, 0) is 28.5 Å². The van der Waals surface area contributed by atoms with E-state index < -0.39 is 0 Å². The quantitative estimate of drug-likeness (QED) is 0.468. The Balaban J connectivity index is 1.12. The maximum atomic E-state index is 12.7. The first-order valence-corrected chi connectivity index (χ1v) is 11.0. The van der Waals surface area contributed by atoms with Crippen molar-refractivity contribution in [1.29, 1.82) is 0 Å². The standard InChI is InChI=1S/C25H25N5O2/c31-24(9-8-23-27-25(28-32-23)20-10-12-26-13-11-20)30-16-14-29(15-17-30)18-21-6-3-5-19-4-1-2-7-22(19)21/h1-7,10-13H,8-9,14-18H2. The number of aromatic nitrogens is 3. The Hall–Kier alpha value is -3.58. The fourth-order valence-corrected chi connectivity index (χ4v) is 4.17. The average Bonchev–Trinajstić information content (AvgIpc) is 3.33. The number of pyridine rings is 1. The van der Waals surface area contributed by atoms with Gasteiger partial charge < -0.3 is 9.42 Å².